The predicted octanol–water partition coefficient (Wildman–Crippen LogP) is 7.11. The summed E-state index contributed by atoms with van der Waals surface area (Å²) in [7, 11) is 2.18. The topological polar surface area (TPSA) is 15.3 Å². The summed E-state index contributed by atoms with van der Waals surface area (Å²) in [6, 6.07) is 19.0. The van der Waals surface area contributed by atoms with Gasteiger partial charge in [0.2, 0.25) is 0 Å². The molecule has 0 bridgehead atoms. The summed E-state index contributed by atoms with van der Waals surface area (Å²) in [5.74, 6) is 1.47. The molecule has 2 nitrogen and oxygen atoms in total. The average Bonchev–Trinajstić information content (AvgIpc) is 2.66. The van der Waals surface area contributed by atoms with Crippen molar-refractivity contribution in [1.29, 1.82) is 0 Å². The van der Waals surface area contributed by atoms with Gasteiger partial charge in [0.15, 0.2) is 0 Å². The maximum absolute atomic E-state index is 3.44. The van der Waals surface area contributed by atoms with Crippen LogP contribution in [0.5, 0.6) is 0 Å². The third kappa shape index (κ3) is 12.7. The van der Waals surface area contributed by atoms with Crippen LogP contribution in [0.1, 0.15) is 77.6 Å². The number of benzene rings is 2. The average molecular weight is 425 g/mol. The van der Waals surface area contributed by atoms with Crippen molar-refractivity contribution in [2.24, 2.45) is 11.8 Å². The van der Waals surface area contributed by atoms with Gasteiger partial charge in [-0.3, -0.25) is 4.90 Å². The van der Waals surface area contributed by atoms with Gasteiger partial charge in [0, 0.05) is 25.2 Å². The predicted molar refractivity (Wildman–Crippen MR) is 139 cm³/mol. The molecule has 0 spiro atoms. The molecule has 0 radical (unpaired) electrons. The Morgan fingerprint density at radius 2 is 1.13 bits per heavy atom. The quantitative estimate of drug-likeness (QED) is 0.437. The van der Waals surface area contributed by atoms with Crippen LogP contribution in [0.25, 0.3) is 0 Å². The molecule has 0 fully saturated rings. The Morgan fingerprint density at radius 1 is 0.677 bits per heavy atom. The summed E-state index contributed by atoms with van der Waals surface area (Å²) >= 11 is 0. The summed E-state index contributed by atoms with van der Waals surface area (Å²) < 4.78 is 0. The molecule has 0 heterocycles. The van der Waals surface area contributed by atoms with Crippen molar-refractivity contribution in [3.63, 3.8) is 0 Å². The van der Waals surface area contributed by atoms with Crippen molar-refractivity contribution in [3.8, 4) is 0 Å². The van der Waals surface area contributed by atoms with Crippen LogP contribution in [-0.4, -0.2) is 24.0 Å². The smallest absolute Gasteiger partial charge is 0.0233 e. The van der Waals surface area contributed by atoms with Crippen LogP contribution in [-0.2, 0) is 25.9 Å². The van der Waals surface area contributed by atoms with Gasteiger partial charge >= 0.3 is 0 Å². The number of hydrogen-bond donors (Lipinski definition) is 1. The van der Waals surface area contributed by atoms with Crippen LogP contribution in [0.4, 0.5) is 0 Å². The molecule has 0 amide bonds. The standard InChI is InChI=1S/C15H25N.C14H23N/c1-12(2)9-14-7-6-8-15(10-14)11-16(5)13(3)4;1-11(2)8-13-6-5-7-14(9-13)10-15-12(3)4/h6-8,10,12-13H,9,11H2,1-5H3;5-7,9,11-12,15H,8,10H2,1-4H3. The molecule has 174 valence electrons. The molecule has 0 unspecified atom stereocenters. The first kappa shape index (κ1) is 27.4. The molecular weight excluding hydrogens is 376 g/mol. The van der Waals surface area contributed by atoms with Crippen LogP contribution in [0, 0.1) is 11.8 Å². The van der Waals surface area contributed by atoms with E-state index in [0.29, 0.717) is 12.1 Å². The second-order valence-corrected chi connectivity index (χ2v) is 10.4. The first-order chi connectivity index (χ1) is 14.6. The van der Waals surface area contributed by atoms with E-state index in [1.807, 2.05) is 0 Å². The minimum absolute atomic E-state index is 0.554. The summed E-state index contributed by atoms with van der Waals surface area (Å²) in [4.78, 5) is 2.37. The van der Waals surface area contributed by atoms with Gasteiger partial charge in [-0.2, -0.15) is 0 Å². The SMILES string of the molecule is CC(C)Cc1cccc(CN(C)C(C)C)c1.CC(C)Cc1cccc(CNC(C)C)c1. The van der Waals surface area contributed by atoms with Crippen molar-refractivity contribution < 1.29 is 0 Å². The maximum Gasteiger partial charge on any atom is 0.0233 e. The van der Waals surface area contributed by atoms with E-state index < -0.39 is 0 Å². The maximum atomic E-state index is 3.44. The van der Waals surface area contributed by atoms with E-state index in [4.69, 9.17) is 0 Å². The fraction of sp³-hybridized carbons (Fsp3) is 0.586. The van der Waals surface area contributed by atoms with E-state index >= 15 is 0 Å². The molecule has 0 aliphatic heterocycles. The minimum Gasteiger partial charge on any atom is -0.310 e. The first-order valence-corrected chi connectivity index (χ1v) is 12.2. The zero-order chi connectivity index (χ0) is 23.4. The van der Waals surface area contributed by atoms with E-state index in [1.54, 1.807) is 0 Å². The van der Waals surface area contributed by atoms with Gasteiger partial charge < -0.3 is 5.32 Å². The van der Waals surface area contributed by atoms with Crippen LogP contribution in [0.15, 0.2) is 48.5 Å². The van der Waals surface area contributed by atoms with E-state index in [-0.39, 0.29) is 0 Å². The molecule has 0 aliphatic carbocycles. The number of nitrogens with one attached hydrogen (secondary N) is 1. The van der Waals surface area contributed by atoms with Crippen LogP contribution < -0.4 is 5.32 Å². The van der Waals surface area contributed by atoms with Gasteiger partial charge in [-0.05, 0) is 67.8 Å². The second-order valence-electron chi connectivity index (χ2n) is 10.4. The van der Waals surface area contributed by atoms with E-state index in [2.05, 4.69) is 121 Å². The highest BCUT2D eigenvalue weighted by Gasteiger charge is 2.05. The summed E-state index contributed by atoms with van der Waals surface area (Å²) in [5, 5.41) is 3.44. The van der Waals surface area contributed by atoms with Crippen molar-refractivity contribution in [2.45, 2.75) is 93.4 Å². The van der Waals surface area contributed by atoms with E-state index in [1.165, 1.54) is 35.1 Å². The monoisotopic (exact) mass is 424 g/mol. The zero-order valence-electron chi connectivity index (χ0n) is 21.7. The molecule has 2 heteroatoms. The lowest BCUT2D eigenvalue weighted by molar-refractivity contribution is 0.265. The van der Waals surface area contributed by atoms with Gasteiger partial charge in [-0.1, -0.05) is 90.1 Å². The van der Waals surface area contributed by atoms with E-state index in [0.717, 1.165) is 24.9 Å². The highest BCUT2D eigenvalue weighted by Crippen LogP contribution is 2.13. The molecule has 0 aromatic heterocycles. The Kier molecular flexibility index (Phi) is 12.7. The third-order valence-corrected chi connectivity index (χ3v) is 5.30. The largest absolute Gasteiger partial charge is 0.310 e. The normalized spacial score (nSPS) is 11.5. The van der Waals surface area contributed by atoms with Crippen LogP contribution in [0.2, 0.25) is 0 Å². The van der Waals surface area contributed by atoms with E-state index in [9.17, 15) is 0 Å². The zero-order valence-corrected chi connectivity index (χ0v) is 21.7. The minimum atomic E-state index is 0.554. The van der Waals surface area contributed by atoms with Crippen molar-refractivity contribution in [3.05, 3.63) is 70.8 Å². The Balaban J connectivity index is 0.000000311. The molecular formula is C29H48N2. The molecule has 0 atom stereocenters. The van der Waals surface area contributed by atoms with Gasteiger partial charge in [-0.25, -0.2) is 0 Å². The molecule has 2 aromatic rings. The molecule has 2 aromatic carbocycles. The van der Waals surface area contributed by atoms with Crippen molar-refractivity contribution >= 4 is 0 Å². The molecule has 2 rings (SSSR count). The Bertz CT molecular complexity index is 731. The third-order valence-electron chi connectivity index (χ3n) is 5.30. The fourth-order valence-electron chi connectivity index (χ4n) is 3.46. The summed E-state index contributed by atoms with van der Waals surface area (Å²) in [6.45, 7) is 19.9. The Morgan fingerprint density at radius 3 is 1.58 bits per heavy atom. The molecule has 0 saturated heterocycles. The Hall–Kier alpha value is -1.64. The van der Waals surface area contributed by atoms with Crippen LogP contribution in [0.3, 0.4) is 0 Å². The highest BCUT2D eigenvalue weighted by atomic mass is 15.1. The lowest BCUT2D eigenvalue weighted by Crippen LogP contribution is -2.25. The van der Waals surface area contributed by atoms with Gasteiger partial charge in [-0.15, -0.1) is 0 Å². The fourth-order valence-corrected chi connectivity index (χ4v) is 3.46. The number of rotatable bonds is 10. The summed E-state index contributed by atoms with van der Waals surface area (Å²) in [5.41, 5.74) is 5.73. The molecule has 0 aliphatic rings. The lowest BCUT2D eigenvalue weighted by atomic mass is 10.0. The second kappa shape index (κ2) is 14.4. The first-order valence-electron chi connectivity index (χ1n) is 12.2. The Labute approximate surface area is 193 Å². The van der Waals surface area contributed by atoms with Gasteiger partial charge in [0.1, 0.15) is 0 Å². The highest BCUT2D eigenvalue weighted by molar-refractivity contribution is 5.24. The van der Waals surface area contributed by atoms with Crippen molar-refractivity contribution in [2.75, 3.05) is 7.05 Å². The van der Waals surface area contributed by atoms with Gasteiger partial charge in [0.25, 0.3) is 0 Å². The molecule has 0 saturated carbocycles. The van der Waals surface area contributed by atoms with Gasteiger partial charge in [0.05, 0.1) is 0 Å². The van der Waals surface area contributed by atoms with Crippen LogP contribution >= 0.6 is 0 Å². The van der Waals surface area contributed by atoms with Crippen molar-refractivity contribution in [1.82, 2.24) is 10.2 Å². The number of nitrogens with zero attached hydrogens (tertiary/aromatic N) is 1. The molecule has 31 heavy (non-hydrogen) atoms. The lowest BCUT2D eigenvalue weighted by Gasteiger charge is -2.21. The molecule has 1 N–H and O–H groups in total. The number of hydrogen-bond acceptors (Lipinski definition) is 2. The summed E-state index contributed by atoms with van der Waals surface area (Å²) in [6.07, 6.45) is 2.36.